The van der Waals surface area contributed by atoms with E-state index in [-0.39, 0.29) is 5.91 Å². The van der Waals surface area contributed by atoms with E-state index in [9.17, 15) is 4.79 Å². The van der Waals surface area contributed by atoms with Gasteiger partial charge in [0.05, 0.1) is 0 Å². The molecule has 0 spiro atoms. The molecule has 3 heteroatoms. The Bertz CT molecular complexity index is 1130. The normalized spacial score (nSPS) is 27.0. The third-order valence-corrected chi connectivity index (χ3v) is 9.52. The fourth-order valence-electron chi connectivity index (χ4n) is 7.13. The zero-order chi connectivity index (χ0) is 23.1. The van der Waals surface area contributed by atoms with Crippen LogP contribution in [-0.2, 0) is 11.2 Å². The van der Waals surface area contributed by atoms with E-state index in [1.165, 1.54) is 60.1 Å². The minimum atomic E-state index is -0.0414. The van der Waals surface area contributed by atoms with Crippen molar-refractivity contribution < 1.29 is 4.79 Å². The third kappa shape index (κ3) is 4.43. The van der Waals surface area contributed by atoms with Crippen LogP contribution < -0.4 is 5.32 Å². The second-order valence-electron chi connectivity index (χ2n) is 11.0. The van der Waals surface area contributed by atoms with Gasteiger partial charge >= 0.3 is 0 Å². The molecule has 0 unspecified atom stereocenters. The number of nitrogens with one attached hydrogen (secondary N) is 1. The first-order valence-corrected chi connectivity index (χ1v) is 13.7. The predicted octanol–water partition coefficient (Wildman–Crippen LogP) is 8.01. The molecule has 0 saturated heterocycles. The average molecular weight is 468 g/mol. The molecule has 3 aromatic carbocycles. The fraction of sp³-hybridized carbons (Fsp3) is 0.387. The molecule has 0 heterocycles. The van der Waals surface area contributed by atoms with Crippen molar-refractivity contribution in [3.05, 3.63) is 95.1 Å². The standard InChI is InChI=1S/C31H33NOS/c1-21-2-12-29(13-3-21)34-20-22-4-6-26(7-5-22)30(33)32-28-10-8-27(9-11-28)31-17-23-14-24(18-31)16-25(15-23)19-31/h2-13,23-25H,14-20H2,1H3,(H,32,33). The highest BCUT2D eigenvalue weighted by atomic mass is 32.2. The highest BCUT2D eigenvalue weighted by Crippen LogP contribution is 2.60. The third-order valence-electron chi connectivity index (χ3n) is 8.44. The Morgan fingerprint density at radius 3 is 2.00 bits per heavy atom. The maximum Gasteiger partial charge on any atom is 0.255 e. The molecule has 4 saturated carbocycles. The van der Waals surface area contributed by atoms with Gasteiger partial charge in [-0.2, -0.15) is 0 Å². The molecule has 4 bridgehead atoms. The van der Waals surface area contributed by atoms with Crippen LogP contribution in [0.25, 0.3) is 0 Å². The molecule has 4 aliphatic rings. The number of amides is 1. The molecule has 0 radical (unpaired) electrons. The Kier molecular flexibility index (Phi) is 5.77. The van der Waals surface area contributed by atoms with Gasteiger partial charge in [-0.15, -0.1) is 11.8 Å². The van der Waals surface area contributed by atoms with Gasteiger partial charge in [-0.05, 0) is 116 Å². The zero-order valence-electron chi connectivity index (χ0n) is 19.9. The van der Waals surface area contributed by atoms with Crippen molar-refractivity contribution in [2.24, 2.45) is 17.8 Å². The van der Waals surface area contributed by atoms with Crippen molar-refractivity contribution in [2.75, 3.05) is 5.32 Å². The van der Waals surface area contributed by atoms with Gasteiger partial charge in [-0.25, -0.2) is 0 Å². The van der Waals surface area contributed by atoms with Crippen molar-refractivity contribution in [1.82, 2.24) is 0 Å². The summed E-state index contributed by atoms with van der Waals surface area (Å²) >= 11 is 1.82. The second-order valence-corrected chi connectivity index (χ2v) is 12.1. The quantitative estimate of drug-likeness (QED) is 0.372. The van der Waals surface area contributed by atoms with Gasteiger partial charge in [0.25, 0.3) is 5.91 Å². The second kappa shape index (κ2) is 8.92. The fourth-order valence-corrected chi connectivity index (χ4v) is 7.98. The number of anilines is 1. The van der Waals surface area contributed by atoms with Gasteiger partial charge in [0.1, 0.15) is 0 Å². The molecule has 3 aromatic rings. The number of carbonyl (C=O) groups excluding carboxylic acids is 1. The van der Waals surface area contributed by atoms with Crippen molar-refractivity contribution in [1.29, 1.82) is 0 Å². The summed E-state index contributed by atoms with van der Waals surface area (Å²) in [6, 6.07) is 25.4. The summed E-state index contributed by atoms with van der Waals surface area (Å²) in [5, 5.41) is 3.10. The van der Waals surface area contributed by atoms with E-state index < -0.39 is 0 Å². The number of aryl methyl sites for hydroxylation is 1. The summed E-state index contributed by atoms with van der Waals surface area (Å²) in [6.45, 7) is 2.11. The van der Waals surface area contributed by atoms with Crippen LogP contribution >= 0.6 is 11.8 Å². The number of rotatable bonds is 6. The van der Waals surface area contributed by atoms with Gasteiger partial charge in [0.15, 0.2) is 0 Å². The maximum atomic E-state index is 12.8. The molecule has 4 aliphatic carbocycles. The summed E-state index contributed by atoms with van der Waals surface area (Å²) in [5.41, 5.74) is 6.00. The van der Waals surface area contributed by atoms with E-state index in [4.69, 9.17) is 0 Å². The van der Waals surface area contributed by atoms with E-state index in [1.807, 2.05) is 23.9 Å². The van der Waals surface area contributed by atoms with Gasteiger partial charge in [-0.1, -0.05) is 42.0 Å². The maximum absolute atomic E-state index is 12.8. The van der Waals surface area contributed by atoms with Crippen LogP contribution in [0.1, 0.15) is 65.6 Å². The molecule has 34 heavy (non-hydrogen) atoms. The summed E-state index contributed by atoms with van der Waals surface area (Å²) in [4.78, 5) is 14.1. The van der Waals surface area contributed by atoms with Crippen LogP contribution in [0.4, 0.5) is 5.69 Å². The monoisotopic (exact) mass is 467 g/mol. The molecule has 7 rings (SSSR count). The van der Waals surface area contributed by atoms with E-state index in [2.05, 4.69) is 72.9 Å². The van der Waals surface area contributed by atoms with Crippen molar-refractivity contribution in [3.8, 4) is 0 Å². The smallest absolute Gasteiger partial charge is 0.255 e. The number of benzene rings is 3. The molecule has 0 atom stereocenters. The average Bonchev–Trinajstić information content (AvgIpc) is 2.83. The summed E-state index contributed by atoms with van der Waals surface area (Å²) in [7, 11) is 0. The minimum Gasteiger partial charge on any atom is -0.322 e. The number of hydrogen-bond donors (Lipinski definition) is 1. The largest absolute Gasteiger partial charge is 0.322 e. The van der Waals surface area contributed by atoms with Crippen LogP contribution in [-0.4, -0.2) is 5.91 Å². The Labute approximate surface area is 207 Å². The lowest BCUT2D eigenvalue weighted by molar-refractivity contribution is -0.00518. The lowest BCUT2D eigenvalue weighted by Crippen LogP contribution is -2.48. The Hall–Kier alpha value is -2.52. The Morgan fingerprint density at radius 1 is 0.824 bits per heavy atom. The van der Waals surface area contributed by atoms with Crippen molar-refractivity contribution in [3.63, 3.8) is 0 Å². The van der Waals surface area contributed by atoms with Crippen LogP contribution in [0, 0.1) is 24.7 Å². The first kappa shape index (κ1) is 22.0. The first-order valence-electron chi connectivity index (χ1n) is 12.7. The predicted molar refractivity (Wildman–Crippen MR) is 141 cm³/mol. The molecular weight excluding hydrogens is 434 g/mol. The van der Waals surface area contributed by atoms with Gasteiger partial charge in [0, 0.05) is 21.9 Å². The number of hydrogen-bond acceptors (Lipinski definition) is 2. The highest BCUT2D eigenvalue weighted by Gasteiger charge is 2.51. The lowest BCUT2D eigenvalue weighted by Gasteiger charge is -2.57. The van der Waals surface area contributed by atoms with Crippen LogP contribution in [0.2, 0.25) is 0 Å². The Morgan fingerprint density at radius 2 is 1.41 bits per heavy atom. The lowest BCUT2D eigenvalue weighted by atomic mass is 9.48. The van der Waals surface area contributed by atoms with Crippen LogP contribution in [0.5, 0.6) is 0 Å². The van der Waals surface area contributed by atoms with E-state index >= 15 is 0 Å². The van der Waals surface area contributed by atoms with Crippen LogP contribution in [0.15, 0.2) is 77.7 Å². The molecule has 2 nitrogen and oxygen atoms in total. The van der Waals surface area contributed by atoms with E-state index in [0.717, 1.165) is 29.2 Å². The van der Waals surface area contributed by atoms with Gasteiger partial charge in [0.2, 0.25) is 0 Å². The van der Waals surface area contributed by atoms with Gasteiger partial charge in [-0.3, -0.25) is 4.79 Å². The zero-order valence-corrected chi connectivity index (χ0v) is 20.7. The summed E-state index contributed by atoms with van der Waals surface area (Å²) in [5.74, 6) is 3.70. The summed E-state index contributed by atoms with van der Waals surface area (Å²) < 4.78 is 0. The number of thioether (sulfide) groups is 1. The topological polar surface area (TPSA) is 29.1 Å². The van der Waals surface area contributed by atoms with E-state index in [1.54, 1.807) is 0 Å². The molecular formula is C31H33NOS. The highest BCUT2D eigenvalue weighted by molar-refractivity contribution is 7.98. The molecule has 0 aromatic heterocycles. The van der Waals surface area contributed by atoms with Gasteiger partial charge < -0.3 is 5.32 Å². The summed E-state index contributed by atoms with van der Waals surface area (Å²) in [6.07, 6.45) is 8.53. The Balaban J connectivity index is 1.07. The SMILES string of the molecule is Cc1ccc(SCc2ccc(C(=O)Nc3ccc(C45CC6CC(CC(C6)C4)C5)cc3)cc2)cc1. The first-order chi connectivity index (χ1) is 16.5. The van der Waals surface area contributed by atoms with E-state index in [0.29, 0.717) is 11.0 Å². The molecule has 4 fully saturated rings. The molecule has 1 amide bonds. The minimum absolute atomic E-state index is 0.0414. The molecule has 0 aliphatic heterocycles. The molecule has 174 valence electrons. The van der Waals surface area contributed by atoms with Crippen molar-refractivity contribution in [2.45, 2.75) is 61.5 Å². The molecule has 1 N–H and O–H groups in total. The number of carbonyl (C=O) groups is 1. The van der Waals surface area contributed by atoms with Crippen molar-refractivity contribution >= 4 is 23.4 Å². The van der Waals surface area contributed by atoms with Crippen LogP contribution in [0.3, 0.4) is 0 Å².